The number of anilines is 1. The van der Waals surface area contributed by atoms with Crippen molar-refractivity contribution in [1.29, 1.82) is 0 Å². The molecule has 0 aliphatic rings. The van der Waals surface area contributed by atoms with Gasteiger partial charge >= 0.3 is 6.18 Å². The van der Waals surface area contributed by atoms with Gasteiger partial charge in [0, 0.05) is 6.07 Å². The average molecular weight is 681 g/mol. The summed E-state index contributed by atoms with van der Waals surface area (Å²) in [6.07, 6.45) is -3.25. The molecule has 0 bridgehead atoms. The summed E-state index contributed by atoms with van der Waals surface area (Å²) < 4.78 is 46.1. The quantitative estimate of drug-likeness (QED) is 0.124. The van der Waals surface area contributed by atoms with Crippen LogP contribution in [0.15, 0.2) is 59.7 Å². The van der Waals surface area contributed by atoms with Crippen LogP contribution in [0.3, 0.4) is 0 Å². The Bertz CT molecular complexity index is 1190. The lowest BCUT2D eigenvalue weighted by atomic mass is 10.1. The molecule has 1 N–H and O–H groups in total. The van der Waals surface area contributed by atoms with Crippen molar-refractivity contribution >= 4 is 62.8 Å². The van der Waals surface area contributed by atoms with Gasteiger partial charge in [-0.1, -0.05) is 29.8 Å². The van der Waals surface area contributed by atoms with Crippen LogP contribution in [0.25, 0.3) is 0 Å². The number of hydrazone groups is 1. The van der Waals surface area contributed by atoms with Crippen molar-refractivity contribution in [1.82, 2.24) is 0 Å². The summed E-state index contributed by atoms with van der Waals surface area (Å²) in [5.41, 5.74) is 3.37. The van der Waals surface area contributed by atoms with E-state index < -0.39 is 22.4 Å². The van der Waals surface area contributed by atoms with E-state index in [0.29, 0.717) is 18.2 Å². The predicted octanol–water partition coefficient (Wildman–Crippen LogP) is 7.16. The van der Waals surface area contributed by atoms with Crippen LogP contribution < -0.4 is 10.2 Å². The molecule has 0 saturated heterocycles. The Morgan fingerprint density at radius 1 is 1.12 bits per heavy atom. The molecule has 0 aliphatic carbocycles. The highest BCUT2D eigenvalue weighted by Gasteiger charge is 2.33. The van der Waals surface area contributed by atoms with Crippen LogP contribution in [0.1, 0.15) is 22.3 Å². The zero-order valence-electron chi connectivity index (χ0n) is 17.0. The topological polar surface area (TPSA) is 76.8 Å². The first kappa shape index (κ1) is 25.2. The molecule has 0 atom stereocenters. The first-order valence-electron chi connectivity index (χ1n) is 9.36. The first-order chi connectivity index (χ1) is 15.5. The number of benzene rings is 3. The molecule has 0 unspecified atom stereocenters. The number of rotatable bonds is 7. The van der Waals surface area contributed by atoms with E-state index in [4.69, 9.17) is 4.74 Å². The monoisotopic (exact) mass is 681 g/mol. The van der Waals surface area contributed by atoms with Crippen molar-refractivity contribution < 1.29 is 22.8 Å². The Hall–Kier alpha value is -2.42. The van der Waals surface area contributed by atoms with Crippen molar-refractivity contribution in [2.75, 3.05) is 5.43 Å². The van der Waals surface area contributed by atoms with Gasteiger partial charge in [0.25, 0.3) is 5.69 Å². The third-order valence-corrected chi connectivity index (χ3v) is 6.01. The van der Waals surface area contributed by atoms with Crippen LogP contribution in [0.4, 0.5) is 24.5 Å². The summed E-state index contributed by atoms with van der Waals surface area (Å²) in [6, 6.07) is 13.9. The van der Waals surface area contributed by atoms with Crippen LogP contribution >= 0.6 is 45.2 Å². The highest BCUT2D eigenvalue weighted by Crippen LogP contribution is 2.35. The van der Waals surface area contributed by atoms with Gasteiger partial charge in [0.2, 0.25) is 0 Å². The van der Waals surface area contributed by atoms with E-state index in [1.807, 2.05) is 43.3 Å². The van der Waals surface area contributed by atoms with Crippen LogP contribution in [0, 0.1) is 24.2 Å². The van der Waals surface area contributed by atoms with Crippen LogP contribution in [0.5, 0.6) is 5.75 Å². The SMILES string of the molecule is Cc1cccc(COc2c(I)cc(/C=N\Nc3ccc(C(F)(F)F)cc3[N+](=O)[O-])cc2I)c1. The van der Waals surface area contributed by atoms with Gasteiger partial charge in [-0.3, -0.25) is 15.5 Å². The molecule has 0 aliphatic heterocycles. The molecule has 6 nitrogen and oxygen atoms in total. The number of nitrogens with zero attached hydrogens (tertiary/aromatic N) is 2. The molecule has 11 heteroatoms. The molecule has 0 aromatic heterocycles. The number of ether oxygens (including phenoxy) is 1. The zero-order valence-corrected chi connectivity index (χ0v) is 21.3. The van der Waals surface area contributed by atoms with Crippen LogP contribution in [0.2, 0.25) is 0 Å². The third-order valence-electron chi connectivity index (χ3n) is 4.41. The first-order valence-corrected chi connectivity index (χ1v) is 11.5. The molecule has 0 amide bonds. The van der Waals surface area contributed by atoms with Crippen molar-refractivity contribution in [3.05, 3.63) is 94.1 Å². The summed E-state index contributed by atoms with van der Waals surface area (Å²) in [5.74, 6) is 0.723. The van der Waals surface area contributed by atoms with Gasteiger partial charge < -0.3 is 4.74 Å². The van der Waals surface area contributed by atoms with Gasteiger partial charge in [-0.15, -0.1) is 0 Å². The fraction of sp³-hybridized carbons (Fsp3) is 0.136. The normalized spacial score (nSPS) is 11.6. The number of nitro benzene ring substituents is 1. The molecule has 0 saturated carbocycles. The highest BCUT2D eigenvalue weighted by atomic mass is 127. The average Bonchev–Trinajstić information content (AvgIpc) is 2.72. The van der Waals surface area contributed by atoms with E-state index in [1.165, 1.54) is 6.21 Å². The predicted molar refractivity (Wildman–Crippen MR) is 137 cm³/mol. The number of alkyl halides is 3. The van der Waals surface area contributed by atoms with Gasteiger partial charge in [0.15, 0.2) is 0 Å². The van der Waals surface area contributed by atoms with Crippen LogP contribution in [-0.2, 0) is 12.8 Å². The third kappa shape index (κ3) is 6.79. The Morgan fingerprint density at radius 3 is 2.42 bits per heavy atom. The van der Waals surface area contributed by atoms with Crippen molar-refractivity contribution in [3.8, 4) is 5.75 Å². The van der Waals surface area contributed by atoms with Gasteiger partial charge in [0.05, 0.1) is 23.8 Å². The number of aryl methyl sites for hydroxylation is 1. The molecule has 3 rings (SSSR count). The summed E-state index contributed by atoms with van der Waals surface area (Å²) in [4.78, 5) is 10.3. The number of halogens is 5. The van der Waals surface area contributed by atoms with E-state index in [9.17, 15) is 23.3 Å². The maximum Gasteiger partial charge on any atom is 0.416 e. The van der Waals surface area contributed by atoms with Gasteiger partial charge in [-0.25, -0.2) is 0 Å². The molecular formula is C22H16F3I2N3O3. The lowest BCUT2D eigenvalue weighted by Crippen LogP contribution is -2.06. The van der Waals surface area contributed by atoms with E-state index in [0.717, 1.165) is 36.1 Å². The maximum atomic E-state index is 12.8. The Morgan fingerprint density at radius 2 is 1.82 bits per heavy atom. The molecule has 0 heterocycles. The summed E-state index contributed by atoms with van der Waals surface area (Å²) >= 11 is 4.28. The lowest BCUT2D eigenvalue weighted by Gasteiger charge is -2.12. The minimum absolute atomic E-state index is 0.147. The van der Waals surface area contributed by atoms with Crippen molar-refractivity contribution in [2.45, 2.75) is 19.7 Å². The number of hydrogen-bond donors (Lipinski definition) is 1. The second kappa shape index (κ2) is 10.7. The van der Waals surface area contributed by atoms with Crippen molar-refractivity contribution in [3.63, 3.8) is 0 Å². The Labute approximate surface area is 214 Å². The maximum absolute atomic E-state index is 12.8. The molecular weight excluding hydrogens is 665 g/mol. The van der Waals surface area contributed by atoms with Crippen molar-refractivity contribution in [2.24, 2.45) is 5.10 Å². The molecule has 3 aromatic rings. The second-order valence-electron chi connectivity index (χ2n) is 6.95. The minimum Gasteiger partial charge on any atom is -0.487 e. The van der Waals surface area contributed by atoms with Gasteiger partial charge in [-0.2, -0.15) is 18.3 Å². The molecule has 0 spiro atoms. The summed E-state index contributed by atoms with van der Waals surface area (Å²) in [7, 11) is 0. The molecule has 172 valence electrons. The second-order valence-corrected chi connectivity index (χ2v) is 9.27. The number of hydrogen-bond acceptors (Lipinski definition) is 5. The van der Waals surface area contributed by atoms with E-state index in [1.54, 1.807) is 0 Å². The smallest absolute Gasteiger partial charge is 0.416 e. The van der Waals surface area contributed by atoms with E-state index in [-0.39, 0.29) is 5.69 Å². The molecule has 3 aromatic carbocycles. The lowest BCUT2D eigenvalue weighted by molar-refractivity contribution is -0.384. The minimum atomic E-state index is -4.68. The molecule has 0 fully saturated rings. The number of nitro groups is 1. The van der Waals surface area contributed by atoms with Gasteiger partial charge in [0.1, 0.15) is 18.0 Å². The van der Waals surface area contributed by atoms with E-state index >= 15 is 0 Å². The van der Waals surface area contributed by atoms with E-state index in [2.05, 4.69) is 55.7 Å². The standard InChI is InChI=1S/C22H16F3I2N3O3/c1-13-3-2-4-14(7-13)12-33-21-17(26)8-15(9-18(21)27)11-28-29-19-6-5-16(22(23,24)25)10-20(19)30(31)32/h2-11,29H,12H2,1H3/b28-11-. The number of nitrogens with one attached hydrogen (secondary N) is 1. The fourth-order valence-electron chi connectivity index (χ4n) is 2.88. The largest absolute Gasteiger partial charge is 0.487 e. The van der Waals surface area contributed by atoms with Gasteiger partial charge in [-0.05, 0) is 87.5 Å². The highest BCUT2D eigenvalue weighted by molar-refractivity contribution is 14.1. The fourth-order valence-corrected chi connectivity index (χ4v) is 5.01. The summed E-state index contributed by atoms with van der Waals surface area (Å²) in [5, 5.41) is 15.1. The van der Waals surface area contributed by atoms with Crippen LogP contribution in [-0.4, -0.2) is 11.1 Å². The summed E-state index contributed by atoms with van der Waals surface area (Å²) in [6.45, 7) is 2.43. The molecule has 33 heavy (non-hydrogen) atoms. The molecule has 0 radical (unpaired) electrons. The Kier molecular flexibility index (Phi) is 8.15. The Balaban J connectivity index is 1.74. The zero-order chi connectivity index (χ0) is 24.2.